The van der Waals surface area contributed by atoms with Crippen molar-refractivity contribution in [3.63, 3.8) is 0 Å². The average Bonchev–Trinajstić information content (AvgIpc) is 2.15. The third-order valence-corrected chi connectivity index (χ3v) is 1.66. The summed E-state index contributed by atoms with van der Waals surface area (Å²) < 4.78 is 10.4. The molecule has 1 atom stereocenters. The number of hydrogen-bond acceptors (Lipinski definition) is 4. The minimum absolute atomic E-state index is 0.0183. The molecule has 4 nitrogen and oxygen atoms in total. The summed E-state index contributed by atoms with van der Waals surface area (Å²) in [6.07, 6.45) is 1.73. The summed E-state index contributed by atoms with van der Waals surface area (Å²) in [4.78, 5) is 10.5. The summed E-state index contributed by atoms with van der Waals surface area (Å²) in [6.45, 7) is 4.47. The van der Waals surface area contributed by atoms with E-state index in [4.69, 9.17) is 14.6 Å². The summed E-state index contributed by atoms with van der Waals surface area (Å²) in [5, 5.41) is 8.90. The van der Waals surface area contributed by atoms with Crippen LogP contribution in [0.2, 0.25) is 0 Å². The average molecular weight is 204 g/mol. The molecular weight excluding hydrogens is 184 g/mol. The Morgan fingerprint density at radius 3 is 2.71 bits per heavy atom. The number of carbonyl (C=O) groups is 1. The molecule has 0 rings (SSSR count). The van der Waals surface area contributed by atoms with Crippen LogP contribution in [0.15, 0.2) is 0 Å². The van der Waals surface area contributed by atoms with E-state index in [0.717, 1.165) is 12.8 Å². The maximum absolute atomic E-state index is 10.5. The lowest BCUT2D eigenvalue weighted by molar-refractivity contribution is -0.123. The van der Waals surface area contributed by atoms with Crippen LogP contribution >= 0.6 is 0 Å². The molecule has 0 aromatic carbocycles. The van der Waals surface area contributed by atoms with E-state index in [1.54, 1.807) is 0 Å². The molecule has 0 bridgehead atoms. The molecule has 0 amide bonds. The molecule has 84 valence electrons. The monoisotopic (exact) mass is 204 g/mol. The highest BCUT2D eigenvalue weighted by molar-refractivity contribution is 5.76. The quantitative estimate of drug-likeness (QED) is 0.564. The number of carbonyl (C=O) groups excluding carboxylic acids is 1. The van der Waals surface area contributed by atoms with Crippen LogP contribution in [0.5, 0.6) is 0 Å². The zero-order chi connectivity index (χ0) is 10.8. The van der Waals surface area contributed by atoms with Crippen molar-refractivity contribution in [2.75, 3.05) is 26.4 Å². The lowest BCUT2D eigenvalue weighted by Gasteiger charge is -2.14. The SMILES string of the molecule is CCCCOC(CO)COCC(C)=O. The Morgan fingerprint density at radius 2 is 2.21 bits per heavy atom. The molecule has 0 aromatic heterocycles. The minimum atomic E-state index is -0.305. The van der Waals surface area contributed by atoms with Gasteiger partial charge in [-0.25, -0.2) is 0 Å². The van der Waals surface area contributed by atoms with Gasteiger partial charge in [0, 0.05) is 6.61 Å². The van der Waals surface area contributed by atoms with Crippen LogP contribution in [0.3, 0.4) is 0 Å². The number of aliphatic hydroxyl groups is 1. The third-order valence-electron chi connectivity index (χ3n) is 1.66. The molecule has 0 saturated heterocycles. The second-order valence-electron chi connectivity index (χ2n) is 3.25. The van der Waals surface area contributed by atoms with Crippen molar-refractivity contribution >= 4 is 5.78 Å². The fourth-order valence-corrected chi connectivity index (χ4v) is 0.882. The predicted molar refractivity (Wildman–Crippen MR) is 53.2 cm³/mol. The minimum Gasteiger partial charge on any atom is -0.394 e. The summed E-state index contributed by atoms with van der Waals surface area (Å²) in [7, 11) is 0. The van der Waals surface area contributed by atoms with Crippen LogP contribution in [0.4, 0.5) is 0 Å². The number of unbranched alkanes of at least 4 members (excludes halogenated alkanes) is 1. The van der Waals surface area contributed by atoms with Crippen molar-refractivity contribution < 1.29 is 19.4 Å². The van der Waals surface area contributed by atoms with Gasteiger partial charge in [0.05, 0.1) is 13.2 Å². The maximum Gasteiger partial charge on any atom is 0.155 e. The van der Waals surface area contributed by atoms with E-state index in [0.29, 0.717) is 6.61 Å². The van der Waals surface area contributed by atoms with Crippen LogP contribution in [-0.4, -0.2) is 43.4 Å². The first kappa shape index (κ1) is 13.5. The molecule has 0 aliphatic heterocycles. The molecule has 0 radical (unpaired) electrons. The summed E-state index contributed by atoms with van der Waals surface area (Å²) in [5.41, 5.74) is 0. The van der Waals surface area contributed by atoms with Gasteiger partial charge in [0.15, 0.2) is 5.78 Å². The zero-order valence-electron chi connectivity index (χ0n) is 8.99. The van der Waals surface area contributed by atoms with E-state index < -0.39 is 0 Å². The standard InChI is InChI=1S/C10H20O4/c1-3-4-5-14-10(6-11)8-13-7-9(2)12/h10-11H,3-8H2,1-2H3. The molecule has 1 N–H and O–H groups in total. The lowest BCUT2D eigenvalue weighted by atomic mass is 10.3. The Labute approximate surface area is 85.2 Å². The predicted octanol–water partition coefficient (Wildman–Crippen LogP) is 0.770. The Bertz CT molecular complexity index is 147. The Balaban J connectivity index is 3.42. The number of Topliss-reactive ketones (excluding diaryl/α,β-unsaturated/α-hetero) is 1. The summed E-state index contributed by atoms with van der Waals surface area (Å²) in [5.74, 6) is -0.0183. The van der Waals surface area contributed by atoms with E-state index in [-0.39, 0.29) is 31.7 Å². The highest BCUT2D eigenvalue weighted by Gasteiger charge is 2.07. The van der Waals surface area contributed by atoms with Gasteiger partial charge >= 0.3 is 0 Å². The topological polar surface area (TPSA) is 55.8 Å². The third kappa shape index (κ3) is 8.16. The van der Waals surface area contributed by atoms with Gasteiger partial charge in [-0.2, -0.15) is 0 Å². The Kier molecular flexibility index (Phi) is 8.83. The van der Waals surface area contributed by atoms with E-state index in [2.05, 4.69) is 6.92 Å². The van der Waals surface area contributed by atoms with Crippen molar-refractivity contribution in [1.82, 2.24) is 0 Å². The Morgan fingerprint density at radius 1 is 1.50 bits per heavy atom. The Hall–Kier alpha value is -0.450. The van der Waals surface area contributed by atoms with Crippen LogP contribution < -0.4 is 0 Å². The number of ketones is 1. The molecule has 1 unspecified atom stereocenters. The second kappa shape index (κ2) is 9.12. The van der Waals surface area contributed by atoms with Crippen molar-refractivity contribution in [2.45, 2.75) is 32.8 Å². The molecule has 0 saturated carbocycles. The first-order valence-corrected chi connectivity index (χ1v) is 5.00. The molecule has 14 heavy (non-hydrogen) atoms. The van der Waals surface area contributed by atoms with E-state index in [9.17, 15) is 4.79 Å². The van der Waals surface area contributed by atoms with Crippen molar-refractivity contribution in [3.8, 4) is 0 Å². The van der Waals surface area contributed by atoms with Gasteiger partial charge < -0.3 is 14.6 Å². The molecule has 0 fully saturated rings. The molecule has 0 aromatic rings. The number of rotatable bonds is 9. The van der Waals surface area contributed by atoms with E-state index in [1.165, 1.54) is 6.92 Å². The van der Waals surface area contributed by atoms with Gasteiger partial charge in [-0.05, 0) is 13.3 Å². The second-order valence-corrected chi connectivity index (χ2v) is 3.25. The van der Waals surface area contributed by atoms with Gasteiger partial charge in [-0.15, -0.1) is 0 Å². The summed E-state index contributed by atoms with van der Waals surface area (Å²) in [6, 6.07) is 0. The zero-order valence-corrected chi connectivity index (χ0v) is 8.99. The molecule has 0 heterocycles. The van der Waals surface area contributed by atoms with Gasteiger partial charge in [0.25, 0.3) is 0 Å². The largest absolute Gasteiger partial charge is 0.394 e. The van der Waals surface area contributed by atoms with Gasteiger partial charge in [0.1, 0.15) is 12.7 Å². The lowest BCUT2D eigenvalue weighted by Crippen LogP contribution is -2.25. The molecule has 0 aliphatic carbocycles. The molecule has 0 aliphatic rings. The van der Waals surface area contributed by atoms with Crippen LogP contribution in [0, 0.1) is 0 Å². The van der Waals surface area contributed by atoms with Crippen molar-refractivity contribution in [1.29, 1.82) is 0 Å². The smallest absolute Gasteiger partial charge is 0.155 e. The van der Waals surface area contributed by atoms with E-state index >= 15 is 0 Å². The number of aliphatic hydroxyl groups excluding tert-OH is 1. The fourth-order valence-electron chi connectivity index (χ4n) is 0.882. The first-order chi connectivity index (χ1) is 6.70. The molecule has 4 heteroatoms. The number of hydrogen-bond donors (Lipinski definition) is 1. The highest BCUT2D eigenvalue weighted by atomic mass is 16.5. The maximum atomic E-state index is 10.5. The molecule has 0 spiro atoms. The van der Waals surface area contributed by atoms with Crippen molar-refractivity contribution in [2.24, 2.45) is 0 Å². The highest BCUT2D eigenvalue weighted by Crippen LogP contribution is 1.96. The first-order valence-electron chi connectivity index (χ1n) is 5.00. The summed E-state index contributed by atoms with van der Waals surface area (Å²) >= 11 is 0. The van der Waals surface area contributed by atoms with Gasteiger partial charge in [0.2, 0.25) is 0 Å². The van der Waals surface area contributed by atoms with Gasteiger partial charge in [-0.3, -0.25) is 4.79 Å². The van der Waals surface area contributed by atoms with Crippen molar-refractivity contribution in [3.05, 3.63) is 0 Å². The fraction of sp³-hybridized carbons (Fsp3) is 0.900. The molecular formula is C10H20O4. The van der Waals surface area contributed by atoms with Crippen LogP contribution in [0.25, 0.3) is 0 Å². The van der Waals surface area contributed by atoms with Crippen LogP contribution in [-0.2, 0) is 14.3 Å². The normalized spacial score (nSPS) is 12.8. The van der Waals surface area contributed by atoms with Crippen LogP contribution in [0.1, 0.15) is 26.7 Å². The van der Waals surface area contributed by atoms with Gasteiger partial charge in [-0.1, -0.05) is 13.3 Å². The van der Waals surface area contributed by atoms with E-state index in [1.807, 2.05) is 0 Å². The number of ether oxygens (including phenoxy) is 2.